The number of thiol groups is 1. The van der Waals surface area contributed by atoms with Gasteiger partial charge in [0.2, 0.25) is 0 Å². The van der Waals surface area contributed by atoms with Crippen LogP contribution in [0.15, 0.2) is 41.3 Å². The summed E-state index contributed by atoms with van der Waals surface area (Å²) in [4.78, 5) is 2.26. The summed E-state index contributed by atoms with van der Waals surface area (Å²) in [5, 5.41) is 1.63. The standard InChI is InChI=1S/C14H18N2O2S2/c1-4-16(19)20(17,18)14-10-6-7-11-12(14)8-5-9-13(11)15(2)3/h5-10,19H,4H2,1-3H3. The van der Waals surface area contributed by atoms with E-state index in [2.05, 4.69) is 12.8 Å². The van der Waals surface area contributed by atoms with Crippen molar-refractivity contribution in [3.05, 3.63) is 36.4 Å². The highest BCUT2D eigenvalue weighted by Crippen LogP contribution is 2.31. The van der Waals surface area contributed by atoms with Gasteiger partial charge in [0.05, 0.1) is 4.90 Å². The van der Waals surface area contributed by atoms with Crippen molar-refractivity contribution in [3.8, 4) is 0 Å². The number of anilines is 1. The van der Waals surface area contributed by atoms with E-state index in [4.69, 9.17) is 0 Å². The number of sulfonamides is 1. The van der Waals surface area contributed by atoms with Crippen molar-refractivity contribution in [1.82, 2.24) is 3.71 Å². The van der Waals surface area contributed by atoms with Gasteiger partial charge >= 0.3 is 0 Å². The molecule has 0 atom stereocenters. The maximum atomic E-state index is 12.5. The van der Waals surface area contributed by atoms with Crippen LogP contribution in [0.3, 0.4) is 0 Å². The molecule has 2 aromatic carbocycles. The minimum Gasteiger partial charge on any atom is -0.377 e. The first kappa shape index (κ1) is 15.2. The van der Waals surface area contributed by atoms with E-state index in [0.717, 1.165) is 14.8 Å². The molecular formula is C14H18N2O2S2. The summed E-state index contributed by atoms with van der Waals surface area (Å²) >= 11 is 4.05. The molecule has 2 rings (SSSR count). The third-order valence-electron chi connectivity index (χ3n) is 3.17. The van der Waals surface area contributed by atoms with E-state index in [-0.39, 0.29) is 4.90 Å². The molecular weight excluding hydrogens is 292 g/mol. The highest BCUT2D eigenvalue weighted by Gasteiger charge is 2.23. The van der Waals surface area contributed by atoms with Gasteiger partial charge in [-0.2, -0.15) is 0 Å². The first-order valence-corrected chi connectivity index (χ1v) is 8.14. The van der Waals surface area contributed by atoms with E-state index in [9.17, 15) is 8.42 Å². The number of benzene rings is 2. The normalized spacial score (nSPS) is 12.1. The van der Waals surface area contributed by atoms with E-state index >= 15 is 0 Å². The highest BCUT2D eigenvalue weighted by atomic mass is 32.3. The van der Waals surface area contributed by atoms with E-state index < -0.39 is 10.0 Å². The van der Waals surface area contributed by atoms with E-state index in [1.54, 1.807) is 19.1 Å². The number of fused-ring (bicyclic) bond motifs is 1. The lowest BCUT2D eigenvalue weighted by molar-refractivity contribution is 0.552. The molecule has 0 amide bonds. The average molecular weight is 310 g/mol. The molecule has 0 aliphatic rings. The zero-order valence-electron chi connectivity index (χ0n) is 11.7. The molecule has 0 saturated carbocycles. The minimum atomic E-state index is -3.58. The Morgan fingerprint density at radius 1 is 1.05 bits per heavy atom. The van der Waals surface area contributed by atoms with Crippen LogP contribution >= 0.6 is 12.8 Å². The van der Waals surface area contributed by atoms with E-state index in [1.807, 2.05) is 43.3 Å². The molecule has 0 aliphatic carbocycles. The molecule has 6 heteroatoms. The predicted octanol–water partition coefficient (Wildman–Crippen LogP) is 2.76. The van der Waals surface area contributed by atoms with Crippen LogP contribution in [0.2, 0.25) is 0 Å². The largest absolute Gasteiger partial charge is 0.377 e. The van der Waals surface area contributed by atoms with E-state index in [0.29, 0.717) is 11.9 Å². The van der Waals surface area contributed by atoms with Gasteiger partial charge < -0.3 is 4.90 Å². The second-order valence-electron chi connectivity index (χ2n) is 4.67. The summed E-state index contributed by atoms with van der Waals surface area (Å²) in [6.45, 7) is 2.07. The van der Waals surface area contributed by atoms with Crippen LogP contribution in [0.4, 0.5) is 5.69 Å². The van der Waals surface area contributed by atoms with Crippen LogP contribution in [0, 0.1) is 0 Å². The molecule has 2 aromatic rings. The van der Waals surface area contributed by atoms with Gasteiger partial charge in [-0.05, 0) is 12.1 Å². The van der Waals surface area contributed by atoms with Crippen LogP contribution in [0.25, 0.3) is 10.8 Å². The van der Waals surface area contributed by atoms with Crippen molar-refractivity contribution >= 4 is 39.3 Å². The van der Waals surface area contributed by atoms with Gasteiger partial charge in [0.15, 0.2) is 0 Å². The summed E-state index contributed by atoms with van der Waals surface area (Å²) in [5.74, 6) is 0. The molecule has 0 N–H and O–H groups in total. The molecule has 0 heterocycles. The molecule has 0 bridgehead atoms. The lowest BCUT2D eigenvalue weighted by Gasteiger charge is -2.18. The summed E-state index contributed by atoms with van der Waals surface area (Å²) in [6.07, 6.45) is 0. The lowest BCUT2D eigenvalue weighted by Crippen LogP contribution is -2.22. The molecule has 0 aliphatic heterocycles. The van der Waals surface area contributed by atoms with E-state index in [1.165, 1.54) is 0 Å². The molecule has 0 unspecified atom stereocenters. The predicted molar refractivity (Wildman–Crippen MR) is 86.8 cm³/mol. The van der Waals surface area contributed by atoms with Crippen molar-refractivity contribution in [2.45, 2.75) is 11.8 Å². The van der Waals surface area contributed by atoms with Crippen molar-refractivity contribution < 1.29 is 8.42 Å². The third kappa shape index (κ3) is 2.51. The molecule has 0 aromatic heterocycles. The van der Waals surface area contributed by atoms with Crippen molar-refractivity contribution in [1.29, 1.82) is 0 Å². The van der Waals surface area contributed by atoms with Gasteiger partial charge in [-0.15, -0.1) is 3.71 Å². The Balaban J connectivity index is 2.77. The van der Waals surface area contributed by atoms with Crippen LogP contribution in [-0.2, 0) is 10.0 Å². The fourth-order valence-corrected chi connectivity index (χ4v) is 3.70. The fraction of sp³-hybridized carbons (Fsp3) is 0.286. The summed E-state index contributed by atoms with van der Waals surface area (Å²) in [6, 6.07) is 11.0. The SMILES string of the molecule is CCN(S)S(=O)(=O)c1cccc2c(N(C)C)cccc12. The first-order valence-electron chi connectivity index (χ1n) is 6.30. The van der Waals surface area contributed by atoms with Crippen LogP contribution < -0.4 is 4.90 Å². The first-order chi connectivity index (χ1) is 9.39. The summed E-state index contributed by atoms with van der Waals surface area (Å²) < 4.78 is 26.0. The molecule has 0 spiro atoms. The summed E-state index contributed by atoms with van der Waals surface area (Å²) in [7, 11) is 0.296. The number of hydrogen-bond donors (Lipinski definition) is 1. The maximum Gasteiger partial charge on any atom is 0.252 e. The molecule has 0 radical (unpaired) electrons. The minimum absolute atomic E-state index is 0.288. The number of nitrogens with zero attached hydrogens (tertiary/aromatic N) is 2. The number of rotatable bonds is 4. The average Bonchev–Trinajstić information content (AvgIpc) is 2.44. The molecule has 0 fully saturated rings. The van der Waals surface area contributed by atoms with Crippen LogP contribution in [0.1, 0.15) is 6.92 Å². The fourth-order valence-electron chi connectivity index (χ4n) is 2.16. The zero-order valence-corrected chi connectivity index (χ0v) is 13.4. The van der Waals surface area contributed by atoms with Gasteiger partial charge in [-0.3, -0.25) is 0 Å². The van der Waals surface area contributed by atoms with Gasteiger partial charge in [-0.1, -0.05) is 44.0 Å². The monoisotopic (exact) mass is 310 g/mol. The van der Waals surface area contributed by atoms with Crippen molar-refractivity contribution in [2.24, 2.45) is 0 Å². The smallest absolute Gasteiger partial charge is 0.252 e. The van der Waals surface area contributed by atoms with Gasteiger partial charge in [-0.25, -0.2) is 8.42 Å². The second kappa shape index (κ2) is 5.63. The molecule has 20 heavy (non-hydrogen) atoms. The number of hydrogen-bond acceptors (Lipinski definition) is 4. The topological polar surface area (TPSA) is 40.6 Å². The molecule has 0 saturated heterocycles. The Labute approximate surface area is 125 Å². The Bertz CT molecular complexity index is 727. The lowest BCUT2D eigenvalue weighted by atomic mass is 10.1. The second-order valence-corrected chi connectivity index (χ2v) is 7.25. The van der Waals surface area contributed by atoms with Gasteiger partial charge in [0.1, 0.15) is 0 Å². The molecule has 108 valence electrons. The third-order valence-corrected chi connectivity index (χ3v) is 5.82. The summed E-state index contributed by atoms with van der Waals surface area (Å²) in [5.41, 5.74) is 0.988. The Hall–Kier alpha value is -1.24. The zero-order chi connectivity index (χ0) is 14.9. The van der Waals surface area contributed by atoms with Crippen molar-refractivity contribution in [2.75, 3.05) is 25.5 Å². The quantitative estimate of drug-likeness (QED) is 0.883. The Kier molecular flexibility index (Phi) is 4.27. The maximum absolute atomic E-state index is 12.5. The Morgan fingerprint density at radius 2 is 1.65 bits per heavy atom. The van der Waals surface area contributed by atoms with Crippen molar-refractivity contribution in [3.63, 3.8) is 0 Å². The highest BCUT2D eigenvalue weighted by molar-refractivity contribution is 8.00. The van der Waals surface area contributed by atoms with Gasteiger partial charge in [0, 0.05) is 37.1 Å². The Morgan fingerprint density at radius 3 is 2.25 bits per heavy atom. The van der Waals surface area contributed by atoms with Crippen LogP contribution in [-0.4, -0.2) is 32.8 Å². The van der Waals surface area contributed by atoms with Crippen LogP contribution in [0.5, 0.6) is 0 Å². The van der Waals surface area contributed by atoms with Gasteiger partial charge in [0.25, 0.3) is 10.0 Å². The molecule has 4 nitrogen and oxygen atoms in total.